The van der Waals surface area contributed by atoms with Crippen molar-refractivity contribution in [2.24, 2.45) is 0 Å². The number of nitrogens with two attached hydrogens (primary N) is 1. The standard InChI is InChI=1S/C10H8F3N3/c11-10(12,13)7-3-1-2-4-8(7)16-6-5-9(14)15-16/h1-6H,(H2,14,15). The van der Waals surface area contributed by atoms with Crippen LogP contribution in [0.1, 0.15) is 5.56 Å². The van der Waals surface area contributed by atoms with E-state index in [1.165, 1.54) is 30.5 Å². The Labute approximate surface area is 89.3 Å². The third-order valence-electron chi connectivity index (χ3n) is 2.07. The van der Waals surface area contributed by atoms with E-state index >= 15 is 0 Å². The lowest BCUT2D eigenvalue weighted by Gasteiger charge is -2.11. The Kier molecular flexibility index (Phi) is 2.34. The fourth-order valence-corrected chi connectivity index (χ4v) is 1.39. The van der Waals surface area contributed by atoms with Gasteiger partial charge in [-0.1, -0.05) is 12.1 Å². The number of benzene rings is 1. The van der Waals surface area contributed by atoms with Gasteiger partial charge in [0.2, 0.25) is 0 Å². The van der Waals surface area contributed by atoms with Crippen LogP contribution >= 0.6 is 0 Å². The van der Waals surface area contributed by atoms with Crippen molar-refractivity contribution in [1.82, 2.24) is 9.78 Å². The SMILES string of the molecule is Nc1ccn(-c2ccccc2C(F)(F)F)n1. The first-order valence-electron chi connectivity index (χ1n) is 4.46. The molecule has 0 saturated carbocycles. The smallest absolute Gasteiger partial charge is 0.382 e. The minimum atomic E-state index is -4.41. The van der Waals surface area contributed by atoms with Crippen molar-refractivity contribution in [2.75, 3.05) is 5.73 Å². The van der Waals surface area contributed by atoms with Crippen LogP contribution < -0.4 is 5.73 Å². The van der Waals surface area contributed by atoms with E-state index in [1.54, 1.807) is 0 Å². The molecule has 0 atom stereocenters. The van der Waals surface area contributed by atoms with Crippen molar-refractivity contribution in [1.29, 1.82) is 0 Å². The number of nitrogen functional groups attached to an aromatic ring is 1. The van der Waals surface area contributed by atoms with E-state index < -0.39 is 11.7 Å². The van der Waals surface area contributed by atoms with Crippen molar-refractivity contribution < 1.29 is 13.2 Å². The minimum Gasteiger partial charge on any atom is -0.382 e. The highest BCUT2D eigenvalue weighted by Gasteiger charge is 2.33. The predicted octanol–water partition coefficient (Wildman–Crippen LogP) is 2.47. The third-order valence-corrected chi connectivity index (χ3v) is 2.07. The second-order valence-corrected chi connectivity index (χ2v) is 3.20. The average Bonchev–Trinajstić information content (AvgIpc) is 2.64. The number of hydrogen-bond acceptors (Lipinski definition) is 2. The highest BCUT2D eigenvalue weighted by molar-refractivity contribution is 5.43. The molecule has 1 aromatic carbocycles. The third kappa shape index (κ3) is 1.86. The zero-order chi connectivity index (χ0) is 11.8. The molecule has 0 aliphatic carbocycles. The minimum absolute atomic E-state index is 0.0355. The van der Waals surface area contributed by atoms with Crippen LogP contribution in [0.3, 0.4) is 0 Å². The van der Waals surface area contributed by atoms with E-state index in [0.29, 0.717) is 0 Å². The van der Waals surface area contributed by atoms with Gasteiger partial charge in [-0.15, -0.1) is 0 Å². The highest BCUT2D eigenvalue weighted by atomic mass is 19.4. The Morgan fingerprint density at radius 2 is 1.81 bits per heavy atom. The van der Waals surface area contributed by atoms with E-state index in [9.17, 15) is 13.2 Å². The van der Waals surface area contributed by atoms with Gasteiger partial charge in [0.05, 0.1) is 11.3 Å². The van der Waals surface area contributed by atoms with Gasteiger partial charge in [-0.05, 0) is 12.1 Å². The normalized spacial score (nSPS) is 11.7. The number of rotatable bonds is 1. The summed E-state index contributed by atoms with van der Waals surface area (Å²) in [4.78, 5) is 0. The largest absolute Gasteiger partial charge is 0.418 e. The second-order valence-electron chi connectivity index (χ2n) is 3.20. The molecule has 0 spiro atoms. The Bertz CT molecular complexity index is 502. The van der Waals surface area contributed by atoms with Crippen LogP contribution in [0.5, 0.6) is 0 Å². The summed E-state index contributed by atoms with van der Waals surface area (Å²) in [6.07, 6.45) is -3.02. The number of halogens is 3. The molecule has 0 amide bonds. The van der Waals surface area contributed by atoms with Gasteiger partial charge in [-0.2, -0.15) is 18.3 Å². The molecule has 2 rings (SSSR count). The molecular weight excluding hydrogens is 219 g/mol. The fraction of sp³-hybridized carbons (Fsp3) is 0.100. The molecule has 0 aliphatic heterocycles. The molecule has 84 valence electrons. The molecule has 6 heteroatoms. The zero-order valence-electron chi connectivity index (χ0n) is 8.07. The first-order chi connectivity index (χ1) is 7.48. The van der Waals surface area contributed by atoms with Crippen LogP contribution in [0.15, 0.2) is 36.5 Å². The molecule has 0 fully saturated rings. The molecule has 2 aromatic rings. The first kappa shape index (κ1) is 10.5. The molecule has 1 heterocycles. The van der Waals surface area contributed by atoms with Crippen LogP contribution in [0.4, 0.5) is 19.0 Å². The summed E-state index contributed by atoms with van der Waals surface area (Å²) in [6, 6.07) is 6.64. The summed E-state index contributed by atoms with van der Waals surface area (Å²) < 4.78 is 39.1. The predicted molar refractivity (Wildman–Crippen MR) is 53.0 cm³/mol. The van der Waals surface area contributed by atoms with Gasteiger partial charge < -0.3 is 5.73 Å². The fourth-order valence-electron chi connectivity index (χ4n) is 1.39. The lowest BCUT2D eigenvalue weighted by atomic mass is 10.2. The summed E-state index contributed by atoms with van der Waals surface area (Å²) in [7, 11) is 0. The Hall–Kier alpha value is -1.98. The van der Waals surface area contributed by atoms with Gasteiger partial charge in [0.1, 0.15) is 5.82 Å². The number of para-hydroxylation sites is 1. The van der Waals surface area contributed by atoms with Gasteiger partial charge in [-0.3, -0.25) is 0 Å². The molecule has 0 unspecified atom stereocenters. The molecule has 1 aromatic heterocycles. The van der Waals surface area contributed by atoms with Crippen molar-refractivity contribution in [3.63, 3.8) is 0 Å². The lowest BCUT2D eigenvalue weighted by molar-refractivity contribution is -0.137. The number of hydrogen-bond donors (Lipinski definition) is 1. The summed E-state index contributed by atoms with van der Waals surface area (Å²) in [5.74, 6) is 0.178. The molecule has 2 N–H and O–H groups in total. The van der Waals surface area contributed by atoms with Crippen LogP contribution in [-0.4, -0.2) is 9.78 Å². The number of aromatic nitrogens is 2. The number of nitrogens with zero attached hydrogens (tertiary/aromatic N) is 2. The summed E-state index contributed by atoms with van der Waals surface area (Å²) in [6.45, 7) is 0. The molecule has 0 aliphatic rings. The molecule has 0 saturated heterocycles. The van der Waals surface area contributed by atoms with Gasteiger partial charge in [0.15, 0.2) is 0 Å². The average molecular weight is 227 g/mol. The van der Waals surface area contributed by atoms with E-state index in [4.69, 9.17) is 5.73 Å². The summed E-state index contributed by atoms with van der Waals surface area (Å²) in [5, 5.41) is 3.75. The topological polar surface area (TPSA) is 43.8 Å². The molecule has 0 radical (unpaired) electrons. The van der Waals surface area contributed by atoms with Crippen molar-refractivity contribution in [3.8, 4) is 5.69 Å². The monoisotopic (exact) mass is 227 g/mol. The van der Waals surface area contributed by atoms with Crippen LogP contribution in [0.25, 0.3) is 5.69 Å². The van der Waals surface area contributed by atoms with Crippen LogP contribution in [-0.2, 0) is 6.18 Å². The Morgan fingerprint density at radius 3 is 2.38 bits per heavy atom. The van der Waals surface area contributed by atoms with E-state index in [0.717, 1.165) is 10.7 Å². The Balaban J connectivity index is 2.57. The van der Waals surface area contributed by atoms with E-state index in [2.05, 4.69) is 5.10 Å². The quantitative estimate of drug-likeness (QED) is 0.813. The van der Waals surface area contributed by atoms with Gasteiger partial charge in [-0.25, -0.2) is 4.68 Å². The first-order valence-corrected chi connectivity index (χ1v) is 4.46. The zero-order valence-corrected chi connectivity index (χ0v) is 8.07. The van der Waals surface area contributed by atoms with Crippen molar-refractivity contribution in [2.45, 2.75) is 6.18 Å². The molecule has 3 nitrogen and oxygen atoms in total. The number of alkyl halides is 3. The molecular formula is C10H8F3N3. The van der Waals surface area contributed by atoms with Crippen molar-refractivity contribution in [3.05, 3.63) is 42.1 Å². The maximum atomic E-state index is 12.7. The van der Waals surface area contributed by atoms with E-state index in [-0.39, 0.29) is 11.5 Å². The summed E-state index contributed by atoms with van der Waals surface area (Å²) in [5.41, 5.74) is 4.59. The molecule has 0 bridgehead atoms. The maximum Gasteiger partial charge on any atom is 0.418 e. The molecule has 16 heavy (non-hydrogen) atoms. The summed E-state index contributed by atoms with van der Waals surface area (Å²) >= 11 is 0. The van der Waals surface area contributed by atoms with Crippen molar-refractivity contribution >= 4 is 5.82 Å². The number of anilines is 1. The lowest BCUT2D eigenvalue weighted by Crippen LogP contribution is -2.11. The van der Waals surface area contributed by atoms with Crippen LogP contribution in [0.2, 0.25) is 0 Å². The van der Waals surface area contributed by atoms with Gasteiger partial charge in [0, 0.05) is 12.3 Å². The van der Waals surface area contributed by atoms with E-state index in [1.807, 2.05) is 0 Å². The highest BCUT2D eigenvalue weighted by Crippen LogP contribution is 2.33. The maximum absolute atomic E-state index is 12.7. The second kappa shape index (κ2) is 3.55. The van der Waals surface area contributed by atoms with Gasteiger partial charge >= 0.3 is 6.18 Å². The van der Waals surface area contributed by atoms with Gasteiger partial charge in [0.25, 0.3) is 0 Å². The van der Waals surface area contributed by atoms with Crippen LogP contribution in [0, 0.1) is 0 Å². The Morgan fingerprint density at radius 1 is 1.12 bits per heavy atom.